The molecule has 15 heavy (non-hydrogen) atoms. The molecule has 0 atom stereocenters. The zero-order valence-electron chi connectivity index (χ0n) is 12.3. The highest BCUT2D eigenvalue weighted by Crippen LogP contribution is 2.23. The molecule has 0 aliphatic carbocycles. The zero-order chi connectivity index (χ0) is 14.2. The Morgan fingerprint density at radius 1 is 1.13 bits per heavy atom. The van der Waals surface area contributed by atoms with Crippen molar-refractivity contribution in [3.05, 3.63) is 59.6 Å². The summed E-state index contributed by atoms with van der Waals surface area (Å²) < 4.78 is 31.6. The number of benzene rings is 2. The Labute approximate surface area is 95.2 Å². The maximum absolute atomic E-state index is 9.09. The Morgan fingerprint density at radius 3 is 2.47 bits per heavy atom. The summed E-state index contributed by atoms with van der Waals surface area (Å²) in [5, 5.41) is 9.09. The summed E-state index contributed by atoms with van der Waals surface area (Å²) in [6.45, 7) is 1.56. The SMILES string of the molecule is [2H]c1c([2H])c(-c2ccccc2C#N)c([2H])c([2H])c1C. The Balaban J connectivity index is 2.88. The highest BCUT2D eigenvalue weighted by atomic mass is 14.2. The molecule has 1 heteroatoms. The van der Waals surface area contributed by atoms with E-state index in [0.29, 0.717) is 16.7 Å². The molecular weight excluding hydrogens is 182 g/mol. The fourth-order valence-corrected chi connectivity index (χ4v) is 1.31. The van der Waals surface area contributed by atoms with Crippen molar-refractivity contribution in [2.24, 2.45) is 0 Å². The van der Waals surface area contributed by atoms with Crippen LogP contribution in [0.15, 0.2) is 48.4 Å². The van der Waals surface area contributed by atoms with Gasteiger partial charge in [-0.2, -0.15) is 5.26 Å². The third kappa shape index (κ3) is 1.89. The predicted molar refractivity (Wildman–Crippen MR) is 61.3 cm³/mol. The molecule has 0 unspecified atom stereocenters. The predicted octanol–water partition coefficient (Wildman–Crippen LogP) is 3.53. The van der Waals surface area contributed by atoms with E-state index in [4.69, 9.17) is 10.7 Å². The summed E-state index contributed by atoms with van der Waals surface area (Å²) in [7, 11) is 0. The average Bonchev–Trinajstić information content (AvgIpc) is 2.44. The number of rotatable bonds is 1. The van der Waals surface area contributed by atoms with Gasteiger partial charge in [-0.25, -0.2) is 0 Å². The van der Waals surface area contributed by atoms with E-state index in [-0.39, 0.29) is 29.7 Å². The van der Waals surface area contributed by atoms with E-state index in [1.54, 1.807) is 31.2 Å². The van der Waals surface area contributed by atoms with Crippen molar-refractivity contribution in [2.45, 2.75) is 6.92 Å². The molecule has 0 saturated carbocycles. The summed E-state index contributed by atoms with van der Waals surface area (Å²) in [6.07, 6.45) is 0. The van der Waals surface area contributed by atoms with Gasteiger partial charge in [0.15, 0.2) is 0 Å². The molecule has 0 amide bonds. The highest BCUT2D eigenvalue weighted by molar-refractivity contribution is 5.70. The minimum absolute atomic E-state index is 0.0660. The molecule has 2 rings (SSSR count). The van der Waals surface area contributed by atoms with Crippen LogP contribution in [0.4, 0.5) is 0 Å². The van der Waals surface area contributed by atoms with Crippen LogP contribution < -0.4 is 0 Å². The van der Waals surface area contributed by atoms with Gasteiger partial charge in [0.05, 0.1) is 17.1 Å². The first-order valence-corrected chi connectivity index (χ1v) is 4.55. The van der Waals surface area contributed by atoms with Crippen molar-refractivity contribution < 1.29 is 5.48 Å². The first-order valence-electron chi connectivity index (χ1n) is 6.55. The largest absolute Gasteiger partial charge is 0.192 e. The van der Waals surface area contributed by atoms with Crippen LogP contribution in [0.5, 0.6) is 0 Å². The van der Waals surface area contributed by atoms with Gasteiger partial charge in [-0.3, -0.25) is 0 Å². The lowest BCUT2D eigenvalue weighted by Gasteiger charge is -2.03. The van der Waals surface area contributed by atoms with Crippen molar-refractivity contribution >= 4 is 0 Å². The topological polar surface area (TPSA) is 23.8 Å². The van der Waals surface area contributed by atoms with Crippen molar-refractivity contribution in [1.29, 1.82) is 5.26 Å². The van der Waals surface area contributed by atoms with E-state index in [0.717, 1.165) is 0 Å². The normalized spacial score (nSPS) is 13.3. The Morgan fingerprint density at radius 2 is 1.80 bits per heavy atom. The molecule has 0 fully saturated rings. The number of nitrogens with zero attached hydrogens (tertiary/aromatic N) is 1. The fraction of sp³-hybridized carbons (Fsp3) is 0.0714. The van der Waals surface area contributed by atoms with Crippen molar-refractivity contribution in [2.75, 3.05) is 0 Å². The van der Waals surface area contributed by atoms with E-state index < -0.39 is 0 Å². The van der Waals surface area contributed by atoms with Gasteiger partial charge in [0.2, 0.25) is 0 Å². The van der Waals surface area contributed by atoms with Gasteiger partial charge in [0.1, 0.15) is 0 Å². The van der Waals surface area contributed by atoms with Gasteiger partial charge in [0, 0.05) is 0 Å². The summed E-state index contributed by atoms with van der Waals surface area (Å²) in [4.78, 5) is 0. The van der Waals surface area contributed by atoms with Gasteiger partial charge in [-0.05, 0) is 24.1 Å². The van der Waals surface area contributed by atoms with Crippen molar-refractivity contribution in [3.8, 4) is 17.2 Å². The molecule has 1 nitrogen and oxygen atoms in total. The van der Waals surface area contributed by atoms with Crippen LogP contribution in [0.25, 0.3) is 11.1 Å². The lowest BCUT2D eigenvalue weighted by molar-refractivity contribution is 1.45. The second-order valence-electron chi connectivity index (χ2n) is 3.16. The van der Waals surface area contributed by atoms with Crippen LogP contribution in [0, 0.1) is 18.3 Å². The van der Waals surface area contributed by atoms with Crippen LogP contribution in [0.2, 0.25) is 0 Å². The third-order valence-corrected chi connectivity index (χ3v) is 2.07. The molecule has 2 aromatic rings. The lowest BCUT2D eigenvalue weighted by atomic mass is 10.00. The van der Waals surface area contributed by atoms with Gasteiger partial charge in [-0.15, -0.1) is 0 Å². The van der Waals surface area contributed by atoms with Gasteiger partial charge < -0.3 is 0 Å². The second kappa shape index (κ2) is 3.98. The minimum atomic E-state index is -0.110. The van der Waals surface area contributed by atoms with E-state index in [1.165, 1.54) is 0 Å². The maximum Gasteiger partial charge on any atom is 0.0998 e. The molecule has 0 aromatic heterocycles. The van der Waals surface area contributed by atoms with E-state index in [9.17, 15) is 0 Å². The standard InChI is InChI=1S/C14H11N/c1-11-6-8-12(9-7-11)14-5-3-2-4-13(14)10-15/h2-9H,1H3/i6D,7D,8D,9D. The van der Waals surface area contributed by atoms with Crippen molar-refractivity contribution in [1.82, 2.24) is 0 Å². The molecule has 0 spiro atoms. The molecule has 0 aliphatic rings. The van der Waals surface area contributed by atoms with E-state index >= 15 is 0 Å². The Bertz CT molecular complexity index is 672. The Kier molecular flexibility index (Phi) is 1.52. The summed E-state index contributed by atoms with van der Waals surface area (Å²) in [5.41, 5.74) is 1.26. The average molecular weight is 197 g/mol. The van der Waals surface area contributed by atoms with Crippen LogP contribution in [-0.4, -0.2) is 0 Å². The highest BCUT2D eigenvalue weighted by Gasteiger charge is 2.02. The van der Waals surface area contributed by atoms with Gasteiger partial charge in [-0.1, -0.05) is 47.9 Å². The van der Waals surface area contributed by atoms with Crippen LogP contribution in [0.1, 0.15) is 16.6 Å². The fourth-order valence-electron chi connectivity index (χ4n) is 1.31. The number of hydrogen-bond donors (Lipinski definition) is 0. The minimum Gasteiger partial charge on any atom is -0.192 e. The second-order valence-corrected chi connectivity index (χ2v) is 3.16. The monoisotopic (exact) mass is 197 g/mol. The molecule has 72 valence electrons. The van der Waals surface area contributed by atoms with Gasteiger partial charge >= 0.3 is 0 Å². The van der Waals surface area contributed by atoms with Crippen molar-refractivity contribution in [3.63, 3.8) is 0 Å². The quantitative estimate of drug-likeness (QED) is 0.686. The summed E-state index contributed by atoms with van der Waals surface area (Å²) in [6, 6.07) is 8.31. The number of nitriles is 1. The molecule has 0 radical (unpaired) electrons. The molecule has 0 aliphatic heterocycles. The van der Waals surface area contributed by atoms with Gasteiger partial charge in [0.25, 0.3) is 0 Å². The van der Waals surface area contributed by atoms with Crippen LogP contribution in [-0.2, 0) is 0 Å². The molecule has 0 heterocycles. The Hall–Kier alpha value is -2.07. The molecule has 0 bridgehead atoms. The molecule has 0 N–H and O–H groups in total. The van der Waals surface area contributed by atoms with E-state index in [1.807, 2.05) is 6.07 Å². The van der Waals surface area contributed by atoms with Crippen LogP contribution in [0.3, 0.4) is 0 Å². The van der Waals surface area contributed by atoms with E-state index in [2.05, 4.69) is 0 Å². The lowest BCUT2D eigenvalue weighted by Crippen LogP contribution is -1.83. The first-order chi connectivity index (χ1) is 8.99. The third-order valence-electron chi connectivity index (χ3n) is 2.07. The molecular formula is C14H11N. The smallest absolute Gasteiger partial charge is 0.0998 e. The number of hydrogen-bond acceptors (Lipinski definition) is 1. The van der Waals surface area contributed by atoms with Crippen LogP contribution >= 0.6 is 0 Å². The summed E-state index contributed by atoms with van der Waals surface area (Å²) in [5.74, 6) is 0. The molecule has 2 aromatic carbocycles. The molecule has 0 saturated heterocycles. The maximum atomic E-state index is 9.09. The first kappa shape index (κ1) is 5.72. The zero-order valence-corrected chi connectivity index (χ0v) is 8.26. The summed E-state index contributed by atoms with van der Waals surface area (Å²) >= 11 is 0.